The third kappa shape index (κ3) is 4.75. The van der Waals surface area contributed by atoms with Gasteiger partial charge in [0.25, 0.3) is 0 Å². The number of hydrogen-bond donors (Lipinski definition) is 3. The zero-order chi connectivity index (χ0) is 20.5. The largest absolute Gasteiger partial charge is 0.354 e. The number of carbonyl (C=O) groups is 1. The predicted molar refractivity (Wildman–Crippen MR) is 102 cm³/mol. The topological polar surface area (TPSA) is 117 Å². The Morgan fingerprint density at radius 2 is 2.07 bits per heavy atom. The van der Waals surface area contributed by atoms with Gasteiger partial charge in [-0.3, -0.25) is 0 Å². The number of carbonyl (C=O) groups excluding carboxylic acids is 1. The number of pyridine rings is 1. The molecule has 2 aromatic rings. The lowest BCUT2D eigenvalue weighted by Crippen LogP contribution is -2.40. The van der Waals surface area contributed by atoms with Crippen molar-refractivity contribution in [2.45, 2.75) is 17.4 Å². The molecule has 2 amide bonds. The fraction of sp³-hybridized carbons (Fsp3) is 0.250. The van der Waals surface area contributed by atoms with E-state index < -0.39 is 27.7 Å². The van der Waals surface area contributed by atoms with Crippen LogP contribution in [0.5, 0.6) is 0 Å². The molecule has 12 heteroatoms. The van der Waals surface area contributed by atoms with Gasteiger partial charge in [-0.1, -0.05) is 0 Å². The summed E-state index contributed by atoms with van der Waals surface area (Å²) in [7, 11) is -3.81. The molecule has 28 heavy (non-hydrogen) atoms. The fourth-order valence-corrected chi connectivity index (χ4v) is 3.78. The van der Waals surface area contributed by atoms with Gasteiger partial charge in [-0.15, -0.1) is 0 Å². The van der Waals surface area contributed by atoms with Crippen LogP contribution in [0.1, 0.15) is 6.42 Å². The summed E-state index contributed by atoms with van der Waals surface area (Å²) in [5.74, 6) is -1.11. The summed E-state index contributed by atoms with van der Waals surface area (Å²) in [6.45, 7) is 1.02. The normalized spacial score (nSPS) is 16.9. The number of urea groups is 1. The Labute approximate surface area is 168 Å². The summed E-state index contributed by atoms with van der Waals surface area (Å²) in [5, 5.41) is 10.1. The van der Waals surface area contributed by atoms with Crippen LogP contribution in [0, 0.1) is 11.6 Å². The van der Waals surface area contributed by atoms with E-state index in [1.165, 1.54) is 18.3 Å². The van der Waals surface area contributed by atoms with Gasteiger partial charge in [0.05, 0.1) is 5.69 Å². The van der Waals surface area contributed by atoms with E-state index in [-0.39, 0.29) is 21.1 Å². The predicted octanol–water partition coefficient (Wildman–Crippen LogP) is 2.17. The molecule has 4 N–H and O–H groups in total. The summed E-state index contributed by atoms with van der Waals surface area (Å²) < 4.78 is 49.6. The number of halogens is 3. The highest BCUT2D eigenvalue weighted by molar-refractivity contribution is 9.10. The first-order valence-electron chi connectivity index (χ1n) is 8.09. The van der Waals surface area contributed by atoms with Gasteiger partial charge in [-0.05, 0) is 40.5 Å². The number of nitrogens with zero attached hydrogens (tertiary/aromatic N) is 2. The van der Waals surface area contributed by atoms with E-state index in [0.29, 0.717) is 31.4 Å². The molecule has 0 aliphatic carbocycles. The van der Waals surface area contributed by atoms with Gasteiger partial charge in [0, 0.05) is 35.9 Å². The number of sulfonamides is 1. The minimum Gasteiger partial charge on any atom is -0.354 e. The maximum Gasteiger partial charge on any atom is 0.319 e. The van der Waals surface area contributed by atoms with Crippen molar-refractivity contribution in [2.24, 2.45) is 5.14 Å². The van der Waals surface area contributed by atoms with E-state index in [1.54, 1.807) is 0 Å². The lowest BCUT2D eigenvalue weighted by atomic mass is 10.2. The first-order valence-corrected chi connectivity index (χ1v) is 10.4. The summed E-state index contributed by atoms with van der Waals surface area (Å²) >= 11 is 3.01. The summed E-state index contributed by atoms with van der Waals surface area (Å²) in [4.78, 5) is 18.0. The smallest absolute Gasteiger partial charge is 0.319 e. The highest BCUT2D eigenvalue weighted by Crippen LogP contribution is 2.27. The number of nitrogens with two attached hydrogens (primary N) is 1. The molecule has 3 rings (SSSR count). The van der Waals surface area contributed by atoms with Crippen molar-refractivity contribution in [1.29, 1.82) is 0 Å². The van der Waals surface area contributed by atoms with Crippen LogP contribution in [0.15, 0.2) is 39.8 Å². The molecule has 0 saturated carbocycles. The Morgan fingerprint density at radius 1 is 1.32 bits per heavy atom. The molecule has 0 bridgehead atoms. The number of aromatic nitrogens is 1. The third-order valence-corrected chi connectivity index (χ3v) is 5.67. The molecule has 1 aromatic carbocycles. The van der Waals surface area contributed by atoms with E-state index in [1.807, 2.05) is 4.90 Å². The second-order valence-electron chi connectivity index (χ2n) is 6.17. The quantitative estimate of drug-likeness (QED) is 0.626. The highest BCUT2D eigenvalue weighted by atomic mass is 79.9. The lowest BCUT2D eigenvalue weighted by Gasteiger charge is -2.18. The van der Waals surface area contributed by atoms with E-state index in [0.717, 1.165) is 6.07 Å². The fourth-order valence-electron chi connectivity index (χ4n) is 2.81. The Kier molecular flexibility index (Phi) is 5.82. The van der Waals surface area contributed by atoms with E-state index >= 15 is 0 Å². The first-order chi connectivity index (χ1) is 13.1. The Bertz CT molecular complexity index is 981. The summed E-state index contributed by atoms with van der Waals surface area (Å²) in [6, 6.07) is 3.76. The highest BCUT2D eigenvalue weighted by Gasteiger charge is 2.25. The van der Waals surface area contributed by atoms with Crippen molar-refractivity contribution in [3.63, 3.8) is 0 Å². The number of primary sulfonamides is 1. The number of amides is 2. The van der Waals surface area contributed by atoms with Gasteiger partial charge < -0.3 is 15.5 Å². The molecule has 150 valence electrons. The minimum absolute atomic E-state index is 0.0867. The maximum absolute atomic E-state index is 13.8. The SMILES string of the molecule is NS(=O)(=O)c1ccc(N2CC[C@@H](NC(=O)Nc3c(F)cc(F)cc3Br)C2)nc1. The van der Waals surface area contributed by atoms with Crippen molar-refractivity contribution >= 4 is 43.5 Å². The molecule has 1 aliphatic heterocycles. The van der Waals surface area contributed by atoms with Gasteiger partial charge in [-0.2, -0.15) is 0 Å². The van der Waals surface area contributed by atoms with Crippen molar-refractivity contribution in [3.8, 4) is 0 Å². The average Bonchev–Trinajstić information content (AvgIpc) is 3.06. The first kappa shape index (κ1) is 20.4. The van der Waals surface area contributed by atoms with Crippen molar-refractivity contribution in [3.05, 3.63) is 46.6 Å². The molecule has 1 fully saturated rings. The second-order valence-corrected chi connectivity index (χ2v) is 8.59. The van der Waals surface area contributed by atoms with Crippen molar-refractivity contribution in [1.82, 2.24) is 10.3 Å². The number of rotatable bonds is 4. The average molecular weight is 476 g/mol. The molecular formula is C16H16BrF2N5O3S. The van der Waals surface area contributed by atoms with Crippen LogP contribution in [0.3, 0.4) is 0 Å². The summed E-state index contributed by atoms with van der Waals surface area (Å²) in [6.07, 6.45) is 1.78. The van der Waals surface area contributed by atoms with Gasteiger partial charge >= 0.3 is 6.03 Å². The molecule has 1 atom stereocenters. The van der Waals surface area contributed by atoms with Gasteiger partial charge in [0.2, 0.25) is 10.0 Å². The number of benzene rings is 1. The van der Waals surface area contributed by atoms with Crippen LogP contribution in [0.4, 0.5) is 25.1 Å². The molecule has 1 saturated heterocycles. The molecule has 1 aliphatic rings. The zero-order valence-corrected chi connectivity index (χ0v) is 16.7. The van der Waals surface area contributed by atoms with E-state index in [9.17, 15) is 22.0 Å². The van der Waals surface area contributed by atoms with E-state index in [2.05, 4.69) is 31.5 Å². The van der Waals surface area contributed by atoms with Crippen LogP contribution < -0.4 is 20.7 Å². The number of nitrogens with one attached hydrogen (secondary N) is 2. The molecule has 8 nitrogen and oxygen atoms in total. The van der Waals surface area contributed by atoms with Crippen LogP contribution >= 0.6 is 15.9 Å². The van der Waals surface area contributed by atoms with E-state index in [4.69, 9.17) is 5.14 Å². The molecular weight excluding hydrogens is 460 g/mol. The second kappa shape index (κ2) is 7.97. The Hall–Kier alpha value is -2.31. The van der Waals surface area contributed by atoms with Gasteiger partial charge in [0.15, 0.2) is 5.82 Å². The number of hydrogen-bond acceptors (Lipinski definition) is 5. The molecule has 2 heterocycles. The summed E-state index contributed by atoms with van der Waals surface area (Å²) in [5.41, 5.74) is -0.158. The lowest BCUT2D eigenvalue weighted by molar-refractivity contribution is 0.249. The van der Waals surface area contributed by atoms with Crippen LogP contribution in [0.2, 0.25) is 0 Å². The minimum atomic E-state index is -3.81. The number of anilines is 2. The van der Waals surface area contributed by atoms with Crippen molar-refractivity contribution < 1.29 is 22.0 Å². The molecule has 0 unspecified atom stereocenters. The third-order valence-electron chi connectivity index (χ3n) is 4.14. The molecule has 1 aromatic heterocycles. The van der Waals surface area contributed by atoms with Crippen LogP contribution in [0.25, 0.3) is 0 Å². The Balaban J connectivity index is 1.59. The van der Waals surface area contributed by atoms with Crippen LogP contribution in [-0.4, -0.2) is 38.6 Å². The monoisotopic (exact) mass is 475 g/mol. The van der Waals surface area contributed by atoms with Crippen LogP contribution in [-0.2, 0) is 10.0 Å². The standard InChI is InChI=1S/C16H16BrF2N5O3S/c17-12-5-9(18)6-13(19)15(12)23-16(25)22-10-3-4-24(8-10)14-2-1-11(7-21-14)28(20,26)27/h1-2,5-7,10H,3-4,8H2,(H2,20,26,27)(H2,22,23,25)/t10-/m1/s1. The Morgan fingerprint density at radius 3 is 2.68 bits per heavy atom. The van der Waals surface area contributed by atoms with Gasteiger partial charge in [0.1, 0.15) is 16.5 Å². The van der Waals surface area contributed by atoms with Gasteiger partial charge in [-0.25, -0.2) is 32.1 Å². The molecule has 0 radical (unpaired) electrons. The van der Waals surface area contributed by atoms with Crippen molar-refractivity contribution in [2.75, 3.05) is 23.3 Å². The zero-order valence-electron chi connectivity index (χ0n) is 14.3. The molecule has 0 spiro atoms. The maximum atomic E-state index is 13.8.